The van der Waals surface area contributed by atoms with E-state index in [-0.39, 0.29) is 5.96 Å². The van der Waals surface area contributed by atoms with Gasteiger partial charge in [0.2, 0.25) is 0 Å². The van der Waals surface area contributed by atoms with Gasteiger partial charge in [-0.2, -0.15) is 0 Å². The van der Waals surface area contributed by atoms with Crippen LogP contribution in [0.3, 0.4) is 0 Å². The SMILES string of the molecule is COc1cccc(OC)c1CN=C(N)Nc1nc(-c2ccco2)cs1. The number of rotatable bonds is 6. The maximum Gasteiger partial charge on any atom is 0.195 e. The molecule has 0 saturated carbocycles. The lowest BCUT2D eigenvalue weighted by Crippen LogP contribution is -2.22. The van der Waals surface area contributed by atoms with Gasteiger partial charge >= 0.3 is 0 Å². The molecule has 0 bridgehead atoms. The van der Waals surface area contributed by atoms with Gasteiger partial charge in [-0.05, 0) is 24.3 Å². The van der Waals surface area contributed by atoms with Crippen LogP contribution >= 0.6 is 11.3 Å². The summed E-state index contributed by atoms with van der Waals surface area (Å²) in [5, 5.41) is 5.51. The molecule has 0 saturated heterocycles. The average molecular weight is 358 g/mol. The molecule has 0 fully saturated rings. The highest BCUT2D eigenvalue weighted by molar-refractivity contribution is 7.14. The van der Waals surface area contributed by atoms with Crippen molar-refractivity contribution < 1.29 is 13.9 Å². The summed E-state index contributed by atoms with van der Waals surface area (Å²) in [6, 6.07) is 9.24. The van der Waals surface area contributed by atoms with Crippen molar-refractivity contribution in [1.29, 1.82) is 0 Å². The van der Waals surface area contributed by atoms with E-state index in [0.29, 0.717) is 28.9 Å². The summed E-state index contributed by atoms with van der Waals surface area (Å²) in [4.78, 5) is 8.76. The molecule has 8 heteroatoms. The summed E-state index contributed by atoms with van der Waals surface area (Å²) >= 11 is 1.42. The van der Waals surface area contributed by atoms with Crippen molar-refractivity contribution in [1.82, 2.24) is 4.98 Å². The number of nitrogens with two attached hydrogens (primary N) is 1. The summed E-state index contributed by atoms with van der Waals surface area (Å²) in [5.74, 6) is 2.36. The van der Waals surface area contributed by atoms with Crippen LogP contribution in [0.5, 0.6) is 11.5 Å². The minimum Gasteiger partial charge on any atom is -0.496 e. The second-order valence-corrected chi connectivity index (χ2v) is 5.84. The van der Waals surface area contributed by atoms with Gasteiger partial charge in [0.25, 0.3) is 0 Å². The Kier molecular flexibility index (Phi) is 5.20. The number of methoxy groups -OCH3 is 2. The molecule has 3 aromatic rings. The Bertz CT molecular complexity index is 836. The highest BCUT2D eigenvalue weighted by atomic mass is 32.1. The molecule has 0 aliphatic carbocycles. The van der Waals surface area contributed by atoms with Crippen LogP contribution in [0.1, 0.15) is 5.56 Å². The van der Waals surface area contributed by atoms with Gasteiger partial charge in [0, 0.05) is 5.38 Å². The Morgan fingerprint density at radius 1 is 1.24 bits per heavy atom. The number of hydrogen-bond acceptors (Lipinski definition) is 6. The molecular formula is C17H18N4O3S. The summed E-state index contributed by atoms with van der Waals surface area (Å²) in [7, 11) is 3.21. The van der Waals surface area contributed by atoms with E-state index in [9.17, 15) is 0 Å². The third-order valence-corrected chi connectivity index (χ3v) is 4.21. The molecule has 25 heavy (non-hydrogen) atoms. The van der Waals surface area contributed by atoms with E-state index in [1.807, 2.05) is 35.7 Å². The second-order valence-electron chi connectivity index (χ2n) is 4.98. The minimum atomic E-state index is 0.258. The van der Waals surface area contributed by atoms with Crippen molar-refractivity contribution in [3.05, 3.63) is 47.5 Å². The summed E-state index contributed by atoms with van der Waals surface area (Å²) < 4.78 is 16.0. The molecule has 2 aromatic heterocycles. The van der Waals surface area contributed by atoms with Gasteiger partial charge in [-0.3, -0.25) is 0 Å². The van der Waals surface area contributed by atoms with Gasteiger partial charge < -0.3 is 24.9 Å². The highest BCUT2D eigenvalue weighted by Crippen LogP contribution is 2.29. The van der Waals surface area contributed by atoms with E-state index in [1.54, 1.807) is 20.5 Å². The van der Waals surface area contributed by atoms with Crippen LogP contribution in [0, 0.1) is 0 Å². The zero-order valence-electron chi connectivity index (χ0n) is 13.9. The number of thiazole rings is 1. The zero-order chi connectivity index (χ0) is 17.6. The molecule has 0 unspecified atom stereocenters. The van der Waals surface area contributed by atoms with E-state index >= 15 is 0 Å². The van der Waals surface area contributed by atoms with Crippen LogP contribution < -0.4 is 20.5 Å². The molecular weight excluding hydrogens is 340 g/mol. The Morgan fingerprint density at radius 2 is 2.00 bits per heavy atom. The molecule has 0 aliphatic heterocycles. The number of furan rings is 1. The molecule has 0 radical (unpaired) electrons. The van der Waals surface area contributed by atoms with E-state index in [1.165, 1.54) is 11.3 Å². The number of benzene rings is 1. The smallest absolute Gasteiger partial charge is 0.195 e. The van der Waals surface area contributed by atoms with Crippen molar-refractivity contribution in [3.8, 4) is 23.0 Å². The fraction of sp³-hybridized carbons (Fsp3) is 0.176. The number of nitrogens with zero attached hydrogens (tertiary/aromatic N) is 2. The molecule has 3 N–H and O–H groups in total. The van der Waals surface area contributed by atoms with Gasteiger partial charge in [-0.25, -0.2) is 9.98 Å². The lowest BCUT2D eigenvalue weighted by atomic mass is 10.2. The molecule has 7 nitrogen and oxygen atoms in total. The van der Waals surface area contributed by atoms with Crippen LogP contribution in [0.25, 0.3) is 11.5 Å². The Morgan fingerprint density at radius 3 is 2.64 bits per heavy atom. The largest absolute Gasteiger partial charge is 0.496 e. The maximum absolute atomic E-state index is 5.97. The monoisotopic (exact) mass is 358 g/mol. The lowest BCUT2D eigenvalue weighted by Gasteiger charge is -2.11. The van der Waals surface area contributed by atoms with Crippen molar-refractivity contribution in [2.75, 3.05) is 19.5 Å². The molecule has 130 valence electrons. The van der Waals surface area contributed by atoms with Gasteiger partial charge in [0.1, 0.15) is 17.2 Å². The number of guanidine groups is 1. The summed E-state index contributed by atoms with van der Waals surface area (Å²) in [5.41, 5.74) is 7.54. The number of hydrogen-bond donors (Lipinski definition) is 2. The van der Waals surface area contributed by atoms with Crippen molar-refractivity contribution >= 4 is 22.4 Å². The van der Waals surface area contributed by atoms with Crippen molar-refractivity contribution in [2.24, 2.45) is 10.7 Å². The van der Waals surface area contributed by atoms with E-state index in [2.05, 4.69) is 15.3 Å². The predicted octanol–water partition coefficient (Wildman–Crippen LogP) is 3.35. The first-order chi connectivity index (χ1) is 12.2. The first-order valence-corrected chi connectivity index (χ1v) is 8.35. The number of anilines is 1. The molecule has 0 amide bonds. The summed E-state index contributed by atoms with van der Waals surface area (Å²) in [6.07, 6.45) is 1.61. The molecule has 2 heterocycles. The number of aliphatic imine (C=N–C) groups is 1. The highest BCUT2D eigenvalue weighted by Gasteiger charge is 2.10. The third-order valence-electron chi connectivity index (χ3n) is 3.45. The topological polar surface area (TPSA) is 94.9 Å². The summed E-state index contributed by atoms with van der Waals surface area (Å²) in [6.45, 7) is 0.322. The average Bonchev–Trinajstić information content (AvgIpc) is 3.31. The predicted molar refractivity (Wildman–Crippen MR) is 98.3 cm³/mol. The van der Waals surface area contributed by atoms with Crippen LogP contribution in [0.15, 0.2) is 51.4 Å². The Labute approximate surface area is 149 Å². The van der Waals surface area contributed by atoms with Gasteiger partial charge in [0.15, 0.2) is 16.9 Å². The molecule has 1 aromatic carbocycles. The van der Waals surface area contributed by atoms with E-state index in [0.717, 1.165) is 11.3 Å². The molecule has 0 spiro atoms. The zero-order valence-corrected chi connectivity index (χ0v) is 14.7. The van der Waals surface area contributed by atoms with Crippen LogP contribution in [0.2, 0.25) is 0 Å². The Balaban J connectivity index is 1.71. The number of ether oxygens (including phenoxy) is 2. The fourth-order valence-electron chi connectivity index (χ4n) is 2.27. The van der Waals surface area contributed by atoms with Crippen LogP contribution in [-0.2, 0) is 6.54 Å². The molecule has 0 atom stereocenters. The first kappa shape index (κ1) is 16.8. The minimum absolute atomic E-state index is 0.258. The lowest BCUT2D eigenvalue weighted by molar-refractivity contribution is 0.385. The van der Waals surface area contributed by atoms with Crippen molar-refractivity contribution in [2.45, 2.75) is 6.54 Å². The van der Waals surface area contributed by atoms with E-state index < -0.39 is 0 Å². The van der Waals surface area contributed by atoms with Crippen LogP contribution in [-0.4, -0.2) is 25.2 Å². The Hall–Kier alpha value is -3.00. The fourth-order valence-corrected chi connectivity index (χ4v) is 2.97. The van der Waals surface area contributed by atoms with Crippen molar-refractivity contribution in [3.63, 3.8) is 0 Å². The standard InChI is InChI=1S/C17H18N4O3S/c1-22-13-5-3-6-14(23-2)11(13)9-19-16(18)21-17-20-12(10-25-17)15-7-4-8-24-15/h3-8,10H,9H2,1-2H3,(H3,18,19,20,21). The van der Waals surface area contributed by atoms with Gasteiger partial charge in [0.05, 0.1) is 32.6 Å². The van der Waals surface area contributed by atoms with Gasteiger partial charge in [-0.1, -0.05) is 6.07 Å². The maximum atomic E-state index is 5.97. The molecule has 3 rings (SSSR count). The van der Waals surface area contributed by atoms with E-state index in [4.69, 9.17) is 19.6 Å². The molecule has 0 aliphatic rings. The quantitative estimate of drug-likeness (QED) is 0.518. The second kappa shape index (κ2) is 7.71. The normalized spacial score (nSPS) is 11.4. The van der Waals surface area contributed by atoms with Crippen LogP contribution in [0.4, 0.5) is 5.13 Å². The third kappa shape index (κ3) is 3.92. The van der Waals surface area contributed by atoms with Gasteiger partial charge in [-0.15, -0.1) is 11.3 Å². The first-order valence-electron chi connectivity index (χ1n) is 7.47. The number of nitrogens with one attached hydrogen (secondary N) is 1. The number of aromatic nitrogens is 1.